The van der Waals surface area contributed by atoms with E-state index in [0.717, 1.165) is 6.20 Å². The number of carboxylic acid groups (broad SMARTS) is 1. The molecule has 0 bridgehead atoms. The molecule has 100 valence electrons. The second kappa shape index (κ2) is 4.63. The number of halogens is 3. The third kappa shape index (κ3) is 2.66. The first-order valence-corrected chi connectivity index (χ1v) is 5.95. The topological polar surface area (TPSA) is 56.7 Å². The highest BCUT2D eigenvalue weighted by Crippen LogP contribution is 2.36. The summed E-state index contributed by atoms with van der Waals surface area (Å²) < 4.78 is 37.2. The van der Waals surface area contributed by atoms with Crippen molar-refractivity contribution in [1.29, 1.82) is 0 Å². The summed E-state index contributed by atoms with van der Waals surface area (Å²) in [6.45, 7) is 1.26. The maximum Gasteiger partial charge on any atom is 0.427 e. The van der Waals surface area contributed by atoms with Gasteiger partial charge in [0.05, 0.1) is 6.20 Å². The second-order valence-electron chi connectivity index (χ2n) is 3.76. The molecule has 1 N–H and O–H groups in total. The van der Waals surface area contributed by atoms with Gasteiger partial charge in [0.2, 0.25) is 0 Å². The zero-order valence-corrected chi connectivity index (χ0v) is 9.96. The molecular formula is C9H10F3N3O2S. The fourth-order valence-electron chi connectivity index (χ4n) is 1.63. The average molecular weight is 281 g/mol. The van der Waals surface area contributed by atoms with Crippen LogP contribution in [-0.4, -0.2) is 47.3 Å². The Bertz CT molecular complexity index is 441. The van der Waals surface area contributed by atoms with Gasteiger partial charge in [0.15, 0.2) is 5.13 Å². The number of aromatic nitrogens is 1. The minimum absolute atomic E-state index is 0.274. The highest BCUT2D eigenvalue weighted by atomic mass is 32.1. The van der Waals surface area contributed by atoms with Crippen LogP contribution < -0.4 is 4.90 Å². The third-order valence-electron chi connectivity index (χ3n) is 2.59. The lowest BCUT2D eigenvalue weighted by Gasteiger charge is -2.32. The van der Waals surface area contributed by atoms with E-state index in [9.17, 15) is 18.0 Å². The predicted molar refractivity (Wildman–Crippen MR) is 58.9 cm³/mol. The van der Waals surface area contributed by atoms with E-state index in [-0.39, 0.29) is 18.2 Å². The Morgan fingerprint density at radius 3 is 2.39 bits per heavy atom. The second-order valence-corrected chi connectivity index (χ2v) is 4.77. The SMILES string of the molecule is O=C(O)N1CCN(c2ncc(C(F)(F)F)s2)CC1. The monoisotopic (exact) mass is 281 g/mol. The molecule has 1 amide bonds. The van der Waals surface area contributed by atoms with Gasteiger partial charge < -0.3 is 14.9 Å². The zero-order valence-electron chi connectivity index (χ0n) is 9.15. The molecule has 1 aliphatic heterocycles. The predicted octanol–water partition coefficient (Wildman–Crippen LogP) is 1.96. The number of anilines is 1. The van der Waals surface area contributed by atoms with Crippen molar-refractivity contribution in [3.8, 4) is 0 Å². The Labute approximate surface area is 104 Å². The van der Waals surface area contributed by atoms with Gasteiger partial charge in [0.1, 0.15) is 4.88 Å². The van der Waals surface area contributed by atoms with Gasteiger partial charge in [-0.25, -0.2) is 9.78 Å². The summed E-state index contributed by atoms with van der Waals surface area (Å²) in [5, 5.41) is 9.04. The first-order valence-electron chi connectivity index (χ1n) is 5.14. The molecule has 1 fully saturated rings. The standard InChI is InChI=1S/C9H10F3N3O2S/c10-9(11,12)6-5-13-7(18-6)14-1-3-15(4-2-14)8(16)17/h5H,1-4H2,(H,16,17). The smallest absolute Gasteiger partial charge is 0.427 e. The van der Waals surface area contributed by atoms with E-state index in [1.54, 1.807) is 4.90 Å². The molecule has 1 aliphatic rings. The van der Waals surface area contributed by atoms with Gasteiger partial charge in [0.25, 0.3) is 0 Å². The quantitative estimate of drug-likeness (QED) is 0.855. The summed E-state index contributed by atoms with van der Waals surface area (Å²) in [6.07, 6.45) is -4.58. The lowest BCUT2D eigenvalue weighted by Crippen LogP contribution is -2.48. The van der Waals surface area contributed by atoms with Crippen LogP contribution in [0.25, 0.3) is 0 Å². The zero-order chi connectivity index (χ0) is 13.3. The van der Waals surface area contributed by atoms with Gasteiger partial charge in [0, 0.05) is 26.2 Å². The Morgan fingerprint density at radius 2 is 1.94 bits per heavy atom. The van der Waals surface area contributed by atoms with Crippen molar-refractivity contribution in [3.05, 3.63) is 11.1 Å². The van der Waals surface area contributed by atoms with Gasteiger partial charge in [-0.05, 0) is 0 Å². The highest BCUT2D eigenvalue weighted by molar-refractivity contribution is 7.15. The molecule has 18 heavy (non-hydrogen) atoms. The molecule has 0 unspecified atom stereocenters. The number of hydrogen-bond donors (Lipinski definition) is 1. The molecule has 0 aromatic carbocycles. The maximum absolute atomic E-state index is 12.4. The van der Waals surface area contributed by atoms with Crippen LogP contribution in [0.5, 0.6) is 0 Å². The van der Waals surface area contributed by atoms with Crippen LogP contribution in [0.15, 0.2) is 6.20 Å². The number of rotatable bonds is 1. The lowest BCUT2D eigenvalue weighted by atomic mass is 10.3. The Hall–Kier alpha value is -1.51. The number of amides is 1. The molecule has 1 saturated heterocycles. The van der Waals surface area contributed by atoms with Gasteiger partial charge in [-0.2, -0.15) is 13.2 Å². The molecule has 1 aromatic heterocycles. The molecule has 0 aliphatic carbocycles. The molecule has 2 rings (SSSR count). The minimum Gasteiger partial charge on any atom is -0.465 e. The number of thiazole rings is 1. The van der Waals surface area contributed by atoms with Crippen molar-refractivity contribution in [2.45, 2.75) is 6.18 Å². The molecule has 0 atom stereocenters. The Balaban J connectivity index is 2.02. The van der Waals surface area contributed by atoms with E-state index in [1.807, 2.05) is 0 Å². The molecular weight excluding hydrogens is 271 g/mol. The van der Waals surface area contributed by atoms with Crippen molar-refractivity contribution >= 4 is 22.6 Å². The van der Waals surface area contributed by atoms with Crippen molar-refractivity contribution in [3.63, 3.8) is 0 Å². The molecule has 0 spiro atoms. The highest BCUT2D eigenvalue weighted by Gasteiger charge is 2.34. The molecule has 0 saturated carbocycles. The van der Waals surface area contributed by atoms with Crippen molar-refractivity contribution < 1.29 is 23.1 Å². The first-order chi connectivity index (χ1) is 8.38. The number of alkyl halides is 3. The molecule has 2 heterocycles. The van der Waals surface area contributed by atoms with Gasteiger partial charge in [-0.15, -0.1) is 0 Å². The van der Waals surface area contributed by atoms with Crippen LogP contribution in [0.1, 0.15) is 4.88 Å². The maximum atomic E-state index is 12.4. The number of hydrogen-bond acceptors (Lipinski definition) is 4. The lowest BCUT2D eigenvalue weighted by molar-refractivity contribution is -0.134. The number of nitrogens with zero attached hydrogens (tertiary/aromatic N) is 3. The number of carbonyl (C=O) groups is 1. The molecule has 9 heteroatoms. The van der Waals surface area contributed by atoms with E-state index in [1.165, 1.54) is 4.90 Å². The summed E-state index contributed by atoms with van der Waals surface area (Å²) in [4.78, 5) is 16.6. The van der Waals surface area contributed by atoms with Crippen LogP contribution in [0.2, 0.25) is 0 Å². The summed E-state index contributed by atoms with van der Waals surface area (Å²) in [7, 11) is 0. The van der Waals surface area contributed by atoms with E-state index in [0.29, 0.717) is 24.4 Å². The Morgan fingerprint density at radius 1 is 1.33 bits per heavy atom. The van der Waals surface area contributed by atoms with Crippen LogP contribution in [0, 0.1) is 0 Å². The van der Waals surface area contributed by atoms with Gasteiger partial charge in [-0.3, -0.25) is 0 Å². The minimum atomic E-state index is -4.38. The summed E-state index contributed by atoms with van der Waals surface area (Å²) >= 11 is 0.580. The normalized spacial score (nSPS) is 17.1. The van der Waals surface area contributed by atoms with Crippen molar-refractivity contribution in [2.24, 2.45) is 0 Å². The third-order valence-corrected chi connectivity index (χ3v) is 3.70. The van der Waals surface area contributed by atoms with Crippen molar-refractivity contribution in [1.82, 2.24) is 9.88 Å². The molecule has 1 aromatic rings. The fraction of sp³-hybridized carbons (Fsp3) is 0.556. The number of piperazine rings is 1. The average Bonchev–Trinajstić information content (AvgIpc) is 2.78. The summed E-state index contributed by atoms with van der Waals surface area (Å²) in [6, 6.07) is 0. The van der Waals surface area contributed by atoms with E-state index >= 15 is 0 Å². The van der Waals surface area contributed by atoms with Crippen LogP contribution >= 0.6 is 11.3 Å². The van der Waals surface area contributed by atoms with Crippen molar-refractivity contribution in [2.75, 3.05) is 31.1 Å². The van der Waals surface area contributed by atoms with Gasteiger partial charge in [-0.1, -0.05) is 11.3 Å². The van der Waals surface area contributed by atoms with E-state index in [4.69, 9.17) is 5.11 Å². The van der Waals surface area contributed by atoms with Crippen LogP contribution in [0.4, 0.5) is 23.1 Å². The van der Waals surface area contributed by atoms with E-state index in [2.05, 4.69) is 4.98 Å². The first kappa shape index (κ1) is 12.9. The molecule has 5 nitrogen and oxygen atoms in total. The van der Waals surface area contributed by atoms with Gasteiger partial charge >= 0.3 is 12.3 Å². The molecule has 0 radical (unpaired) electrons. The summed E-state index contributed by atoms with van der Waals surface area (Å²) in [5.74, 6) is 0. The summed E-state index contributed by atoms with van der Waals surface area (Å²) in [5.41, 5.74) is 0. The van der Waals surface area contributed by atoms with E-state index < -0.39 is 17.1 Å². The van der Waals surface area contributed by atoms with Crippen LogP contribution in [0.3, 0.4) is 0 Å². The Kier molecular flexibility index (Phi) is 3.33. The van der Waals surface area contributed by atoms with Crippen LogP contribution in [-0.2, 0) is 6.18 Å². The fourth-order valence-corrected chi connectivity index (χ4v) is 2.47. The largest absolute Gasteiger partial charge is 0.465 e.